The van der Waals surface area contributed by atoms with Gasteiger partial charge in [-0.25, -0.2) is 0 Å². The van der Waals surface area contributed by atoms with Crippen molar-refractivity contribution in [1.82, 2.24) is 5.32 Å². The summed E-state index contributed by atoms with van der Waals surface area (Å²) in [5.41, 5.74) is 4.31. The standard InChI is InChI=1S/C20H21NO5/c1-3-18-15(9-22-11-24-18)5-13(1)20(26-17-7-21-8-17)14-2-4-19-16(6-14)10-23-12-25-19/h1-6,17,20-21H,7-12H2. The molecule has 1 N–H and O–H groups in total. The fraction of sp³-hybridized carbons (Fsp3) is 0.400. The van der Waals surface area contributed by atoms with E-state index in [1.54, 1.807) is 0 Å². The van der Waals surface area contributed by atoms with Gasteiger partial charge in [-0.05, 0) is 35.4 Å². The number of ether oxygens (including phenoxy) is 5. The first-order chi connectivity index (χ1) is 12.9. The zero-order valence-corrected chi connectivity index (χ0v) is 14.4. The Kier molecular flexibility index (Phi) is 4.26. The Hall–Kier alpha value is -2.12. The van der Waals surface area contributed by atoms with Crippen LogP contribution in [0, 0.1) is 0 Å². The van der Waals surface area contributed by atoms with Gasteiger partial charge >= 0.3 is 0 Å². The van der Waals surface area contributed by atoms with Crippen LogP contribution in [0.2, 0.25) is 0 Å². The van der Waals surface area contributed by atoms with Crippen molar-refractivity contribution in [2.75, 3.05) is 26.7 Å². The molecule has 0 atom stereocenters. The highest BCUT2D eigenvalue weighted by Crippen LogP contribution is 2.35. The number of rotatable bonds is 4. The average molecular weight is 355 g/mol. The molecule has 1 fully saturated rings. The molecule has 3 heterocycles. The fourth-order valence-electron chi connectivity index (χ4n) is 3.45. The van der Waals surface area contributed by atoms with Gasteiger partial charge in [0, 0.05) is 24.2 Å². The number of fused-ring (bicyclic) bond motifs is 2. The second-order valence-electron chi connectivity index (χ2n) is 6.75. The van der Waals surface area contributed by atoms with Gasteiger partial charge in [0.2, 0.25) is 0 Å². The number of hydrogen-bond acceptors (Lipinski definition) is 6. The topological polar surface area (TPSA) is 58.2 Å². The van der Waals surface area contributed by atoms with Gasteiger partial charge in [0.15, 0.2) is 13.6 Å². The number of nitrogens with one attached hydrogen (secondary N) is 1. The molecule has 0 bridgehead atoms. The highest BCUT2D eigenvalue weighted by atomic mass is 16.7. The van der Waals surface area contributed by atoms with E-state index in [1.165, 1.54) is 0 Å². The quantitative estimate of drug-likeness (QED) is 0.909. The lowest BCUT2D eigenvalue weighted by atomic mass is 9.96. The highest BCUT2D eigenvalue weighted by molar-refractivity contribution is 5.44. The van der Waals surface area contributed by atoms with Crippen molar-refractivity contribution in [3.63, 3.8) is 0 Å². The van der Waals surface area contributed by atoms with Gasteiger partial charge in [0.25, 0.3) is 0 Å². The van der Waals surface area contributed by atoms with Crippen molar-refractivity contribution in [2.24, 2.45) is 0 Å². The maximum atomic E-state index is 6.41. The van der Waals surface area contributed by atoms with Crippen LogP contribution in [0.25, 0.3) is 0 Å². The molecule has 6 nitrogen and oxygen atoms in total. The van der Waals surface area contributed by atoms with Crippen molar-refractivity contribution >= 4 is 0 Å². The van der Waals surface area contributed by atoms with Crippen molar-refractivity contribution in [1.29, 1.82) is 0 Å². The molecule has 136 valence electrons. The molecule has 0 amide bonds. The van der Waals surface area contributed by atoms with Gasteiger partial charge in [-0.15, -0.1) is 0 Å². The first-order valence-electron chi connectivity index (χ1n) is 8.90. The lowest BCUT2D eigenvalue weighted by Gasteiger charge is -2.33. The van der Waals surface area contributed by atoms with Crippen molar-refractivity contribution in [3.8, 4) is 11.5 Å². The van der Waals surface area contributed by atoms with E-state index in [0.29, 0.717) is 26.8 Å². The average Bonchev–Trinajstić information content (AvgIpc) is 2.66. The first-order valence-corrected chi connectivity index (χ1v) is 8.90. The molecule has 0 spiro atoms. The molecule has 0 unspecified atom stereocenters. The molecule has 2 aromatic rings. The van der Waals surface area contributed by atoms with E-state index in [9.17, 15) is 0 Å². The smallest absolute Gasteiger partial charge is 0.189 e. The molecular weight excluding hydrogens is 334 g/mol. The summed E-state index contributed by atoms with van der Waals surface area (Å²) in [5.74, 6) is 1.77. The summed E-state index contributed by atoms with van der Waals surface area (Å²) < 4.78 is 28.3. The summed E-state index contributed by atoms with van der Waals surface area (Å²) in [6.07, 6.45) is 0.0635. The molecule has 0 aliphatic carbocycles. The second kappa shape index (κ2) is 6.89. The second-order valence-corrected chi connectivity index (χ2v) is 6.75. The molecular formula is C20H21NO5. The van der Waals surface area contributed by atoms with E-state index in [1.807, 2.05) is 12.1 Å². The van der Waals surface area contributed by atoms with Crippen LogP contribution < -0.4 is 14.8 Å². The minimum absolute atomic E-state index is 0.151. The zero-order valence-electron chi connectivity index (χ0n) is 14.4. The van der Waals surface area contributed by atoms with Gasteiger partial charge in [-0.2, -0.15) is 0 Å². The maximum Gasteiger partial charge on any atom is 0.189 e. The summed E-state index contributed by atoms with van der Waals surface area (Å²) in [5, 5.41) is 3.26. The van der Waals surface area contributed by atoms with E-state index >= 15 is 0 Å². The summed E-state index contributed by atoms with van der Waals surface area (Å²) in [6.45, 7) is 3.50. The molecule has 1 saturated heterocycles. The van der Waals surface area contributed by atoms with Gasteiger partial charge < -0.3 is 29.0 Å². The van der Waals surface area contributed by atoms with Crippen LogP contribution >= 0.6 is 0 Å². The summed E-state index contributed by atoms with van der Waals surface area (Å²) in [7, 11) is 0. The van der Waals surface area contributed by atoms with Crippen molar-refractivity contribution in [3.05, 3.63) is 58.7 Å². The lowest BCUT2D eigenvalue weighted by Crippen LogP contribution is -2.49. The number of benzene rings is 2. The van der Waals surface area contributed by atoms with Crippen molar-refractivity contribution in [2.45, 2.75) is 25.4 Å². The molecule has 2 aromatic carbocycles. The van der Waals surface area contributed by atoms with Gasteiger partial charge in [-0.1, -0.05) is 12.1 Å². The van der Waals surface area contributed by atoms with Crippen LogP contribution in [0.15, 0.2) is 36.4 Å². The van der Waals surface area contributed by atoms with Crippen LogP contribution in [0.1, 0.15) is 28.4 Å². The molecule has 6 heteroatoms. The van der Waals surface area contributed by atoms with E-state index in [0.717, 1.165) is 46.8 Å². The Morgan fingerprint density at radius 1 is 0.846 bits per heavy atom. The Morgan fingerprint density at radius 2 is 1.42 bits per heavy atom. The third-order valence-corrected chi connectivity index (χ3v) is 4.96. The SMILES string of the molecule is c1cc2c(cc1C(OC1CNC1)c1ccc3c(c1)COCO3)COCO2. The lowest BCUT2D eigenvalue weighted by molar-refractivity contribution is -0.0241. The van der Waals surface area contributed by atoms with Crippen LogP contribution in [0.5, 0.6) is 11.5 Å². The predicted molar refractivity (Wildman–Crippen MR) is 93.0 cm³/mol. The van der Waals surface area contributed by atoms with E-state index in [-0.39, 0.29) is 12.2 Å². The molecule has 0 radical (unpaired) electrons. The van der Waals surface area contributed by atoms with Crippen LogP contribution in [0.4, 0.5) is 0 Å². The Labute approximate surface area is 152 Å². The van der Waals surface area contributed by atoms with E-state index in [2.05, 4.69) is 29.6 Å². The maximum absolute atomic E-state index is 6.41. The van der Waals surface area contributed by atoms with Crippen LogP contribution in [0.3, 0.4) is 0 Å². The Morgan fingerprint density at radius 3 is 1.92 bits per heavy atom. The Bertz CT molecular complexity index is 745. The minimum atomic E-state index is -0.151. The summed E-state index contributed by atoms with van der Waals surface area (Å²) in [6, 6.07) is 12.4. The molecule has 3 aliphatic rings. The molecule has 0 saturated carbocycles. The predicted octanol–water partition coefficient (Wildman–Crippen LogP) is 2.50. The summed E-state index contributed by atoms with van der Waals surface area (Å²) in [4.78, 5) is 0. The molecule has 26 heavy (non-hydrogen) atoms. The molecule has 5 rings (SSSR count). The Balaban J connectivity index is 1.50. The van der Waals surface area contributed by atoms with Crippen molar-refractivity contribution < 1.29 is 23.7 Å². The summed E-state index contributed by atoms with van der Waals surface area (Å²) >= 11 is 0. The minimum Gasteiger partial charge on any atom is -0.467 e. The molecule has 3 aliphatic heterocycles. The van der Waals surface area contributed by atoms with Crippen LogP contribution in [-0.2, 0) is 27.4 Å². The third kappa shape index (κ3) is 3.05. The third-order valence-electron chi connectivity index (χ3n) is 4.96. The normalized spacial score (nSPS) is 19.1. The molecule has 0 aromatic heterocycles. The van der Waals surface area contributed by atoms with Gasteiger partial charge in [0.05, 0.1) is 19.3 Å². The van der Waals surface area contributed by atoms with E-state index in [4.69, 9.17) is 23.7 Å². The fourth-order valence-corrected chi connectivity index (χ4v) is 3.45. The van der Waals surface area contributed by atoms with Gasteiger partial charge in [0.1, 0.15) is 17.6 Å². The van der Waals surface area contributed by atoms with E-state index < -0.39 is 0 Å². The van der Waals surface area contributed by atoms with Crippen LogP contribution in [-0.4, -0.2) is 32.8 Å². The number of hydrogen-bond donors (Lipinski definition) is 1. The largest absolute Gasteiger partial charge is 0.467 e. The van der Waals surface area contributed by atoms with Gasteiger partial charge in [-0.3, -0.25) is 0 Å². The highest BCUT2D eigenvalue weighted by Gasteiger charge is 2.26. The first kappa shape index (κ1) is 16.1. The monoisotopic (exact) mass is 355 g/mol. The zero-order chi connectivity index (χ0) is 17.3.